The molecule has 1 heterocycles. The average molecular weight is 295 g/mol. The Morgan fingerprint density at radius 1 is 1.00 bits per heavy atom. The van der Waals surface area contributed by atoms with Crippen LogP contribution >= 0.6 is 0 Å². The molecule has 0 saturated carbocycles. The van der Waals surface area contributed by atoms with E-state index in [0.29, 0.717) is 22.0 Å². The summed E-state index contributed by atoms with van der Waals surface area (Å²) in [6.07, 6.45) is 0. The minimum atomic E-state index is -0.419. The zero-order valence-corrected chi connectivity index (χ0v) is 12.9. The van der Waals surface area contributed by atoms with Crippen molar-refractivity contribution in [2.24, 2.45) is 0 Å². The lowest BCUT2D eigenvalue weighted by atomic mass is 9.94. The number of halogens is 1. The lowest BCUT2D eigenvalue weighted by Crippen LogP contribution is -2.33. The van der Waals surface area contributed by atoms with Crippen LogP contribution in [0.2, 0.25) is 0 Å². The Morgan fingerprint density at radius 3 is 2.32 bits per heavy atom. The lowest BCUT2D eigenvalue weighted by Gasteiger charge is -2.16. The van der Waals surface area contributed by atoms with Crippen molar-refractivity contribution in [2.75, 3.05) is 0 Å². The highest BCUT2D eigenvalue weighted by molar-refractivity contribution is 5.83. The van der Waals surface area contributed by atoms with E-state index in [1.54, 1.807) is 18.2 Å². The van der Waals surface area contributed by atoms with E-state index in [-0.39, 0.29) is 11.6 Å². The minimum Gasteiger partial charge on any atom is -0.618 e. The molecule has 0 fully saturated rings. The van der Waals surface area contributed by atoms with Crippen molar-refractivity contribution in [2.45, 2.75) is 26.7 Å². The maximum Gasteiger partial charge on any atom is 0.260 e. The van der Waals surface area contributed by atoms with E-state index in [9.17, 15) is 5.21 Å². The second-order valence-electron chi connectivity index (χ2n) is 5.86. The Labute approximate surface area is 129 Å². The van der Waals surface area contributed by atoms with Crippen LogP contribution in [-0.2, 0) is 0 Å². The molecule has 0 atom stereocenters. The molecule has 3 heteroatoms. The second kappa shape index (κ2) is 5.41. The molecule has 0 saturated heterocycles. The molecule has 0 spiro atoms. The number of benzene rings is 2. The molecule has 0 bridgehead atoms. The van der Waals surface area contributed by atoms with Crippen LogP contribution in [0.25, 0.3) is 22.2 Å². The average Bonchev–Trinajstić information content (AvgIpc) is 2.49. The Hall–Kier alpha value is -2.42. The van der Waals surface area contributed by atoms with Crippen LogP contribution in [0.5, 0.6) is 0 Å². The van der Waals surface area contributed by atoms with Crippen molar-refractivity contribution < 1.29 is 9.12 Å². The van der Waals surface area contributed by atoms with Gasteiger partial charge in [0.05, 0.1) is 10.9 Å². The summed E-state index contributed by atoms with van der Waals surface area (Å²) in [7, 11) is 0. The van der Waals surface area contributed by atoms with E-state index in [0.717, 1.165) is 10.3 Å². The molecule has 2 aromatic carbocycles. The number of hydrogen-bond donors (Lipinski definition) is 0. The van der Waals surface area contributed by atoms with Gasteiger partial charge in [-0.3, -0.25) is 0 Å². The van der Waals surface area contributed by atoms with Crippen molar-refractivity contribution >= 4 is 10.9 Å². The highest BCUT2D eigenvalue weighted by Gasteiger charge is 2.26. The van der Waals surface area contributed by atoms with Gasteiger partial charge < -0.3 is 5.21 Å². The Kier molecular flexibility index (Phi) is 3.57. The Bertz CT molecular complexity index is 855. The van der Waals surface area contributed by atoms with Gasteiger partial charge in [-0.05, 0) is 30.5 Å². The molecule has 0 amide bonds. The molecule has 0 aliphatic heterocycles. The third-order valence-electron chi connectivity index (χ3n) is 4.04. The fourth-order valence-corrected chi connectivity index (χ4v) is 2.96. The maximum absolute atomic E-state index is 15.2. The zero-order chi connectivity index (χ0) is 15.9. The van der Waals surface area contributed by atoms with Crippen LogP contribution in [0.3, 0.4) is 0 Å². The van der Waals surface area contributed by atoms with Gasteiger partial charge in [0.2, 0.25) is 11.3 Å². The monoisotopic (exact) mass is 295 g/mol. The normalized spacial score (nSPS) is 11.3. The van der Waals surface area contributed by atoms with Crippen LogP contribution in [0.4, 0.5) is 4.39 Å². The smallest absolute Gasteiger partial charge is 0.260 e. The predicted octanol–water partition coefficient (Wildman–Crippen LogP) is 4.71. The van der Waals surface area contributed by atoms with Gasteiger partial charge in [0, 0.05) is 11.6 Å². The molecular formula is C19H18FNO. The Balaban J connectivity index is 2.49. The van der Waals surface area contributed by atoms with Crippen molar-refractivity contribution in [3.8, 4) is 11.3 Å². The van der Waals surface area contributed by atoms with E-state index in [4.69, 9.17) is 0 Å². The topological polar surface area (TPSA) is 26.9 Å². The Morgan fingerprint density at radius 2 is 1.64 bits per heavy atom. The van der Waals surface area contributed by atoms with Gasteiger partial charge in [0.1, 0.15) is 0 Å². The van der Waals surface area contributed by atoms with E-state index in [1.807, 2.05) is 51.1 Å². The first-order valence-corrected chi connectivity index (χ1v) is 7.42. The third kappa shape index (κ3) is 2.13. The number of hydrogen-bond acceptors (Lipinski definition) is 1. The van der Waals surface area contributed by atoms with Crippen molar-refractivity contribution in [3.05, 3.63) is 70.7 Å². The SMILES string of the molecule is Cc1ccccc1-c1c(F)c(C(C)C)c2ccccc2[n+]1[O-]. The summed E-state index contributed by atoms with van der Waals surface area (Å²) in [5.41, 5.74) is 2.74. The van der Waals surface area contributed by atoms with E-state index >= 15 is 4.39 Å². The number of nitrogens with zero attached hydrogens (tertiary/aromatic N) is 1. The quantitative estimate of drug-likeness (QED) is 0.497. The van der Waals surface area contributed by atoms with Gasteiger partial charge in [-0.2, -0.15) is 9.12 Å². The van der Waals surface area contributed by atoms with Crippen LogP contribution < -0.4 is 4.73 Å². The van der Waals surface area contributed by atoms with Crippen LogP contribution in [0, 0.1) is 17.9 Å². The summed E-state index contributed by atoms with van der Waals surface area (Å²) in [6, 6.07) is 14.6. The van der Waals surface area contributed by atoms with Gasteiger partial charge in [0.15, 0.2) is 0 Å². The van der Waals surface area contributed by atoms with Gasteiger partial charge in [0.25, 0.3) is 5.69 Å². The molecule has 2 nitrogen and oxygen atoms in total. The van der Waals surface area contributed by atoms with Crippen LogP contribution in [-0.4, -0.2) is 0 Å². The van der Waals surface area contributed by atoms with Gasteiger partial charge in [-0.15, -0.1) is 0 Å². The summed E-state index contributed by atoms with van der Waals surface area (Å²) in [5, 5.41) is 13.4. The number of aryl methyl sites for hydroxylation is 1. The van der Waals surface area contributed by atoms with Gasteiger partial charge in [-0.1, -0.05) is 44.2 Å². The van der Waals surface area contributed by atoms with Crippen molar-refractivity contribution in [1.29, 1.82) is 0 Å². The molecule has 0 aliphatic carbocycles. The highest BCUT2D eigenvalue weighted by atomic mass is 19.1. The van der Waals surface area contributed by atoms with Crippen molar-refractivity contribution in [3.63, 3.8) is 0 Å². The van der Waals surface area contributed by atoms with Gasteiger partial charge in [-0.25, -0.2) is 0 Å². The molecule has 0 unspecified atom stereocenters. The fraction of sp³-hybridized carbons (Fsp3) is 0.211. The van der Waals surface area contributed by atoms with E-state index in [2.05, 4.69) is 0 Å². The van der Waals surface area contributed by atoms with Crippen LogP contribution in [0.15, 0.2) is 48.5 Å². The molecule has 112 valence electrons. The molecule has 0 aliphatic rings. The predicted molar refractivity (Wildman–Crippen MR) is 87.1 cm³/mol. The highest BCUT2D eigenvalue weighted by Crippen LogP contribution is 2.33. The zero-order valence-electron chi connectivity index (χ0n) is 12.9. The standard InChI is InChI=1S/C19H18FNO/c1-12(2)17-15-10-6-7-11-16(15)21(22)19(18(17)20)14-9-5-4-8-13(14)3/h4-12H,1-3H3. The van der Waals surface area contributed by atoms with E-state index < -0.39 is 5.82 Å². The van der Waals surface area contributed by atoms with Crippen LogP contribution in [0.1, 0.15) is 30.9 Å². The summed E-state index contributed by atoms with van der Waals surface area (Å²) in [6.45, 7) is 5.78. The number of pyridine rings is 1. The second-order valence-corrected chi connectivity index (χ2v) is 5.86. The number of aromatic nitrogens is 1. The maximum atomic E-state index is 15.2. The molecular weight excluding hydrogens is 277 g/mol. The summed E-state index contributed by atoms with van der Waals surface area (Å²) in [5.74, 6) is -0.424. The molecule has 3 rings (SSSR count). The molecule has 0 radical (unpaired) electrons. The number of rotatable bonds is 2. The first kappa shape index (κ1) is 14.5. The lowest BCUT2D eigenvalue weighted by molar-refractivity contribution is -0.566. The summed E-state index contributed by atoms with van der Waals surface area (Å²) < 4.78 is 15.9. The first-order chi connectivity index (χ1) is 10.5. The molecule has 3 aromatic rings. The third-order valence-corrected chi connectivity index (χ3v) is 4.04. The fourth-order valence-electron chi connectivity index (χ4n) is 2.96. The number of fused-ring (bicyclic) bond motifs is 1. The largest absolute Gasteiger partial charge is 0.618 e. The molecule has 0 N–H and O–H groups in total. The van der Waals surface area contributed by atoms with Gasteiger partial charge >= 0.3 is 0 Å². The minimum absolute atomic E-state index is 0.00568. The summed E-state index contributed by atoms with van der Waals surface area (Å²) >= 11 is 0. The molecule has 22 heavy (non-hydrogen) atoms. The van der Waals surface area contributed by atoms with E-state index in [1.165, 1.54) is 0 Å². The molecule has 1 aromatic heterocycles. The first-order valence-electron chi connectivity index (χ1n) is 7.42. The number of para-hydroxylation sites is 1. The summed E-state index contributed by atoms with van der Waals surface area (Å²) in [4.78, 5) is 0. The van der Waals surface area contributed by atoms with Crippen molar-refractivity contribution in [1.82, 2.24) is 0 Å².